The first-order valence-corrected chi connectivity index (χ1v) is 7.49. The van der Waals surface area contributed by atoms with Crippen LogP contribution >= 0.6 is 11.6 Å². The average molecular weight is 280 g/mol. The van der Waals surface area contributed by atoms with Crippen molar-refractivity contribution in [3.8, 4) is 0 Å². The van der Waals surface area contributed by atoms with Gasteiger partial charge in [-0.25, -0.2) is 0 Å². The molecular formula is C16H22ClNO. The van der Waals surface area contributed by atoms with Gasteiger partial charge in [0.2, 0.25) is 0 Å². The minimum Gasteiger partial charge on any atom is -0.349 e. The van der Waals surface area contributed by atoms with Crippen LogP contribution in [0.3, 0.4) is 0 Å². The molecule has 2 rings (SSSR count). The highest BCUT2D eigenvalue weighted by Crippen LogP contribution is 2.35. The third kappa shape index (κ3) is 3.97. The van der Waals surface area contributed by atoms with Gasteiger partial charge < -0.3 is 5.32 Å². The molecule has 0 radical (unpaired) electrons. The minimum absolute atomic E-state index is 0.0247. The summed E-state index contributed by atoms with van der Waals surface area (Å²) in [4.78, 5) is 12.2. The van der Waals surface area contributed by atoms with Crippen molar-refractivity contribution in [1.29, 1.82) is 0 Å². The van der Waals surface area contributed by atoms with Crippen molar-refractivity contribution in [2.75, 3.05) is 0 Å². The lowest BCUT2D eigenvalue weighted by molar-refractivity contribution is 0.0909. The van der Waals surface area contributed by atoms with Crippen molar-refractivity contribution in [3.05, 3.63) is 35.4 Å². The van der Waals surface area contributed by atoms with E-state index < -0.39 is 0 Å². The van der Waals surface area contributed by atoms with E-state index in [4.69, 9.17) is 11.6 Å². The highest BCUT2D eigenvalue weighted by Gasteiger charge is 2.27. The molecule has 1 saturated carbocycles. The highest BCUT2D eigenvalue weighted by molar-refractivity contribution is 6.17. The van der Waals surface area contributed by atoms with E-state index in [9.17, 15) is 4.79 Å². The summed E-state index contributed by atoms with van der Waals surface area (Å²) in [6.45, 7) is 4.60. The van der Waals surface area contributed by atoms with Gasteiger partial charge in [0.15, 0.2) is 0 Å². The Labute approximate surface area is 120 Å². The van der Waals surface area contributed by atoms with Gasteiger partial charge in [-0.3, -0.25) is 4.79 Å². The molecule has 0 bridgehead atoms. The normalized spacial score (nSPS) is 19.1. The number of amides is 1. The van der Waals surface area contributed by atoms with E-state index in [1.165, 1.54) is 12.8 Å². The van der Waals surface area contributed by atoms with Crippen LogP contribution in [-0.4, -0.2) is 11.9 Å². The Hall–Kier alpha value is -1.02. The Morgan fingerprint density at radius 1 is 1.37 bits per heavy atom. The number of hydrogen-bond donors (Lipinski definition) is 1. The van der Waals surface area contributed by atoms with Gasteiger partial charge in [-0.2, -0.15) is 0 Å². The third-order valence-electron chi connectivity index (χ3n) is 4.02. The van der Waals surface area contributed by atoms with Crippen molar-refractivity contribution in [3.63, 3.8) is 0 Å². The van der Waals surface area contributed by atoms with Gasteiger partial charge in [0.1, 0.15) is 0 Å². The molecule has 3 heteroatoms. The molecule has 19 heavy (non-hydrogen) atoms. The Morgan fingerprint density at radius 3 is 2.68 bits per heavy atom. The minimum atomic E-state index is 0.0247. The molecule has 1 aromatic carbocycles. The summed E-state index contributed by atoms with van der Waals surface area (Å²) in [5.74, 6) is 0.468. The molecule has 1 fully saturated rings. The Balaban J connectivity index is 1.94. The predicted molar refractivity (Wildman–Crippen MR) is 79.5 cm³/mol. The average Bonchev–Trinajstić information content (AvgIpc) is 2.41. The topological polar surface area (TPSA) is 29.1 Å². The van der Waals surface area contributed by atoms with Crippen LogP contribution < -0.4 is 5.32 Å². The van der Waals surface area contributed by atoms with E-state index in [-0.39, 0.29) is 5.91 Å². The zero-order chi connectivity index (χ0) is 13.9. The molecule has 1 amide bonds. The molecule has 1 aliphatic carbocycles. The molecule has 0 atom stereocenters. The van der Waals surface area contributed by atoms with Crippen LogP contribution in [0.25, 0.3) is 0 Å². The molecule has 104 valence electrons. The molecular weight excluding hydrogens is 258 g/mol. The summed E-state index contributed by atoms with van der Waals surface area (Å²) in [5.41, 5.74) is 2.13. The molecule has 0 aliphatic heterocycles. The van der Waals surface area contributed by atoms with Crippen LogP contribution in [-0.2, 0) is 5.88 Å². The van der Waals surface area contributed by atoms with Gasteiger partial charge in [0, 0.05) is 17.5 Å². The fourth-order valence-corrected chi connectivity index (χ4v) is 2.77. The number of benzene rings is 1. The van der Waals surface area contributed by atoms with Gasteiger partial charge in [-0.15, -0.1) is 11.6 Å². The van der Waals surface area contributed by atoms with Crippen LogP contribution in [0.4, 0.5) is 0 Å². The van der Waals surface area contributed by atoms with Crippen molar-refractivity contribution in [2.24, 2.45) is 5.41 Å². The lowest BCUT2D eigenvalue weighted by Crippen LogP contribution is -2.39. The van der Waals surface area contributed by atoms with E-state index >= 15 is 0 Å². The summed E-state index contributed by atoms with van der Waals surface area (Å²) in [7, 11) is 0. The van der Waals surface area contributed by atoms with E-state index in [2.05, 4.69) is 19.2 Å². The predicted octanol–water partition coefficient (Wildman–Crippen LogP) is 4.12. The maximum atomic E-state index is 12.2. The monoisotopic (exact) mass is 279 g/mol. The van der Waals surface area contributed by atoms with Crippen LogP contribution in [0.1, 0.15) is 55.5 Å². The fraction of sp³-hybridized carbons (Fsp3) is 0.562. The molecule has 2 nitrogen and oxygen atoms in total. The Morgan fingerprint density at radius 2 is 2.05 bits per heavy atom. The molecule has 1 aliphatic rings. The van der Waals surface area contributed by atoms with E-state index in [1.54, 1.807) is 0 Å². The van der Waals surface area contributed by atoms with Crippen molar-refractivity contribution in [2.45, 2.75) is 51.5 Å². The van der Waals surface area contributed by atoms with E-state index in [0.717, 1.165) is 18.4 Å². The van der Waals surface area contributed by atoms with Crippen molar-refractivity contribution in [1.82, 2.24) is 5.32 Å². The second-order valence-corrected chi connectivity index (χ2v) is 6.51. The molecule has 0 unspecified atom stereocenters. The summed E-state index contributed by atoms with van der Waals surface area (Å²) in [6.07, 6.45) is 4.52. The highest BCUT2D eigenvalue weighted by atomic mass is 35.5. The van der Waals surface area contributed by atoms with Crippen molar-refractivity contribution >= 4 is 17.5 Å². The molecule has 1 aromatic rings. The van der Waals surface area contributed by atoms with E-state index in [0.29, 0.717) is 22.9 Å². The molecule has 0 aromatic heterocycles. The summed E-state index contributed by atoms with van der Waals surface area (Å²) >= 11 is 5.80. The Kier molecular flexibility index (Phi) is 4.51. The second kappa shape index (κ2) is 5.96. The zero-order valence-electron chi connectivity index (χ0n) is 11.7. The largest absolute Gasteiger partial charge is 0.349 e. The van der Waals surface area contributed by atoms with Gasteiger partial charge in [0.05, 0.1) is 0 Å². The first-order valence-electron chi connectivity index (χ1n) is 6.96. The summed E-state index contributed by atoms with van der Waals surface area (Å²) in [5, 5.41) is 3.14. The molecule has 1 N–H and O–H groups in total. The van der Waals surface area contributed by atoms with Gasteiger partial charge in [-0.05, 0) is 48.8 Å². The van der Waals surface area contributed by atoms with Crippen LogP contribution in [0.15, 0.2) is 24.3 Å². The van der Waals surface area contributed by atoms with Crippen molar-refractivity contribution < 1.29 is 4.79 Å². The van der Waals surface area contributed by atoms with Crippen LogP contribution in [0.5, 0.6) is 0 Å². The van der Waals surface area contributed by atoms with Gasteiger partial charge in [-0.1, -0.05) is 26.0 Å². The number of nitrogens with one attached hydrogen (secondary N) is 1. The number of hydrogen-bond acceptors (Lipinski definition) is 1. The number of carbonyl (C=O) groups is 1. The van der Waals surface area contributed by atoms with Crippen LogP contribution in [0.2, 0.25) is 0 Å². The number of carbonyl (C=O) groups excluding carboxylic acids is 1. The first kappa shape index (κ1) is 14.4. The zero-order valence-corrected chi connectivity index (χ0v) is 12.5. The SMILES string of the molecule is CC1(C)CCC(NC(=O)c2cccc(CCl)c2)CC1. The van der Waals surface area contributed by atoms with Gasteiger partial charge >= 0.3 is 0 Å². The van der Waals surface area contributed by atoms with Gasteiger partial charge in [0.25, 0.3) is 5.91 Å². The first-order chi connectivity index (χ1) is 9.00. The lowest BCUT2D eigenvalue weighted by atomic mass is 9.75. The fourth-order valence-electron chi connectivity index (χ4n) is 2.61. The molecule has 0 spiro atoms. The summed E-state index contributed by atoms with van der Waals surface area (Å²) in [6, 6.07) is 7.86. The Bertz CT molecular complexity index is 446. The van der Waals surface area contributed by atoms with Crippen LogP contribution in [0, 0.1) is 5.41 Å². The standard InChI is InChI=1S/C16H22ClNO/c1-16(2)8-6-14(7-9-16)18-15(19)13-5-3-4-12(10-13)11-17/h3-5,10,14H,6-9,11H2,1-2H3,(H,18,19). The smallest absolute Gasteiger partial charge is 0.251 e. The number of rotatable bonds is 3. The number of alkyl halides is 1. The maximum Gasteiger partial charge on any atom is 0.251 e. The lowest BCUT2D eigenvalue weighted by Gasteiger charge is -2.34. The maximum absolute atomic E-state index is 12.2. The third-order valence-corrected chi connectivity index (χ3v) is 4.33. The number of halogens is 1. The quantitative estimate of drug-likeness (QED) is 0.829. The summed E-state index contributed by atoms with van der Waals surface area (Å²) < 4.78 is 0. The molecule has 0 heterocycles. The molecule has 0 saturated heterocycles. The van der Waals surface area contributed by atoms with E-state index in [1.807, 2.05) is 24.3 Å². The second-order valence-electron chi connectivity index (χ2n) is 6.25.